The highest BCUT2D eigenvalue weighted by Gasteiger charge is 2.17. The van der Waals surface area contributed by atoms with E-state index in [2.05, 4.69) is 4.98 Å². The van der Waals surface area contributed by atoms with Crippen LogP contribution in [0, 0.1) is 5.82 Å². The first-order chi connectivity index (χ1) is 8.58. The first-order valence-electron chi connectivity index (χ1n) is 5.03. The molecule has 1 N–H and O–H groups in total. The van der Waals surface area contributed by atoms with Gasteiger partial charge in [-0.1, -0.05) is 0 Å². The molecule has 0 saturated heterocycles. The molecule has 0 fully saturated rings. The lowest BCUT2D eigenvalue weighted by molar-refractivity contribution is 0.0690. The molecule has 0 bridgehead atoms. The number of carbonyl (C=O) groups is 1. The third-order valence-corrected chi connectivity index (χ3v) is 2.50. The molecular formula is C12H10FNO4. The predicted octanol–water partition coefficient (Wildman–Crippen LogP) is 2.09. The highest BCUT2D eigenvalue weighted by molar-refractivity contribution is 5.96. The second kappa shape index (κ2) is 4.48. The summed E-state index contributed by atoms with van der Waals surface area (Å²) in [6.07, 6.45) is 0. The fourth-order valence-electron chi connectivity index (χ4n) is 1.68. The van der Waals surface area contributed by atoms with Crippen molar-refractivity contribution < 1.29 is 23.8 Å². The van der Waals surface area contributed by atoms with Gasteiger partial charge in [-0.15, -0.1) is 0 Å². The number of pyridine rings is 1. The third-order valence-electron chi connectivity index (χ3n) is 2.50. The average molecular weight is 251 g/mol. The van der Waals surface area contributed by atoms with Crippen LogP contribution in [0.25, 0.3) is 10.9 Å². The zero-order valence-electron chi connectivity index (χ0n) is 9.73. The molecule has 0 atom stereocenters. The summed E-state index contributed by atoms with van der Waals surface area (Å²) in [6, 6.07) is 3.83. The number of fused-ring (bicyclic) bond motifs is 1. The largest absolute Gasteiger partial charge is 0.496 e. The molecule has 0 aliphatic rings. The molecular weight excluding hydrogens is 241 g/mol. The minimum Gasteiger partial charge on any atom is -0.496 e. The van der Waals surface area contributed by atoms with E-state index in [0.717, 1.165) is 0 Å². The number of hydrogen-bond donors (Lipinski definition) is 1. The Hall–Kier alpha value is -2.37. The fraction of sp³-hybridized carbons (Fsp3) is 0.167. The molecule has 6 heteroatoms. The minimum absolute atomic E-state index is 0.0916. The van der Waals surface area contributed by atoms with E-state index in [1.165, 1.54) is 32.4 Å². The molecule has 2 rings (SSSR count). The van der Waals surface area contributed by atoms with E-state index >= 15 is 0 Å². The third kappa shape index (κ3) is 1.81. The van der Waals surface area contributed by atoms with Crippen molar-refractivity contribution in [3.8, 4) is 11.5 Å². The number of carboxylic acid groups (broad SMARTS) is 1. The number of aromatic carboxylic acids is 1. The van der Waals surface area contributed by atoms with E-state index < -0.39 is 11.8 Å². The smallest absolute Gasteiger partial charge is 0.354 e. The van der Waals surface area contributed by atoms with Crippen molar-refractivity contribution >= 4 is 16.9 Å². The van der Waals surface area contributed by atoms with Crippen LogP contribution >= 0.6 is 0 Å². The zero-order chi connectivity index (χ0) is 13.3. The number of nitrogens with zero attached hydrogens (tertiary/aromatic N) is 1. The van der Waals surface area contributed by atoms with Crippen molar-refractivity contribution in [2.75, 3.05) is 14.2 Å². The summed E-state index contributed by atoms with van der Waals surface area (Å²) in [6.45, 7) is 0. The second-order valence-corrected chi connectivity index (χ2v) is 3.49. The number of aromatic nitrogens is 1. The van der Waals surface area contributed by atoms with Crippen molar-refractivity contribution in [1.29, 1.82) is 0 Å². The molecule has 1 heterocycles. The lowest BCUT2D eigenvalue weighted by Crippen LogP contribution is -2.03. The van der Waals surface area contributed by atoms with Crippen LogP contribution in [0.1, 0.15) is 10.5 Å². The second-order valence-electron chi connectivity index (χ2n) is 3.49. The van der Waals surface area contributed by atoms with Crippen molar-refractivity contribution in [2.24, 2.45) is 0 Å². The van der Waals surface area contributed by atoms with Gasteiger partial charge in [0.1, 0.15) is 22.8 Å². The van der Waals surface area contributed by atoms with Gasteiger partial charge in [-0.3, -0.25) is 0 Å². The van der Waals surface area contributed by atoms with Gasteiger partial charge in [-0.05, 0) is 12.1 Å². The monoisotopic (exact) mass is 251 g/mol. The first-order valence-corrected chi connectivity index (χ1v) is 5.03. The molecule has 0 spiro atoms. The number of carboxylic acids is 1. The summed E-state index contributed by atoms with van der Waals surface area (Å²) < 4.78 is 23.9. The van der Waals surface area contributed by atoms with E-state index in [9.17, 15) is 9.18 Å². The van der Waals surface area contributed by atoms with Crippen LogP contribution in [0.2, 0.25) is 0 Å². The Morgan fingerprint density at radius 2 is 1.94 bits per heavy atom. The Morgan fingerprint density at radius 1 is 1.28 bits per heavy atom. The maximum absolute atomic E-state index is 13.7. The normalized spacial score (nSPS) is 10.4. The summed E-state index contributed by atoms with van der Waals surface area (Å²) in [5.74, 6) is -1.31. The lowest BCUT2D eigenvalue weighted by Gasteiger charge is -2.10. The van der Waals surface area contributed by atoms with Crippen molar-refractivity contribution in [3.63, 3.8) is 0 Å². The Kier molecular flexibility index (Phi) is 3.01. The number of ether oxygens (including phenoxy) is 2. The van der Waals surface area contributed by atoms with Gasteiger partial charge in [0.15, 0.2) is 5.69 Å². The van der Waals surface area contributed by atoms with Crippen molar-refractivity contribution in [3.05, 3.63) is 29.7 Å². The molecule has 0 amide bonds. The number of methoxy groups -OCH3 is 2. The summed E-state index contributed by atoms with van der Waals surface area (Å²) in [7, 11) is 2.79. The Morgan fingerprint density at radius 3 is 2.50 bits per heavy atom. The van der Waals surface area contributed by atoms with Gasteiger partial charge >= 0.3 is 5.97 Å². The van der Waals surface area contributed by atoms with Crippen LogP contribution in [0.3, 0.4) is 0 Å². The average Bonchev–Trinajstić information content (AvgIpc) is 2.38. The van der Waals surface area contributed by atoms with Gasteiger partial charge in [0.25, 0.3) is 0 Å². The Bertz CT molecular complexity index is 627. The van der Waals surface area contributed by atoms with Crippen LogP contribution in [0.5, 0.6) is 11.5 Å². The van der Waals surface area contributed by atoms with Gasteiger partial charge in [0, 0.05) is 6.07 Å². The first kappa shape index (κ1) is 12.1. The Balaban J connectivity index is 2.90. The minimum atomic E-state index is -1.25. The molecule has 0 unspecified atom stereocenters. The van der Waals surface area contributed by atoms with Gasteiger partial charge in [0.2, 0.25) is 0 Å². The molecule has 0 aliphatic carbocycles. The number of rotatable bonds is 3. The van der Waals surface area contributed by atoms with Crippen LogP contribution in [0.15, 0.2) is 18.2 Å². The van der Waals surface area contributed by atoms with Gasteiger partial charge in [0.05, 0.1) is 19.6 Å². The topological polar surface area (TPSA) is 68.7 Å². The molecule has 94 valence electrons. The lowest BCUT2D eigenvalue weighted by atomic mass is 10.1. The summed E-state index contributed by atoms with van der Waals surface area (Å²) in [5.41, 5.74) is -0.377. The molecule has 0 saturated carbocycles. The van der Waals surface area contributed by atoms with E-state index in [-0.39, 0.29) is 17.0 Å². The highest BCUT2D eigenvalue weighted by atomic mass is 19.1. The molecule has 0 radical (unpaired) electrons. The fourth-order valence-corrected chi connectivity index (χ4v) is 1.68. The van der Waals surface area contributed by atoms with E-state index in [0.29, 0.717) is 11.1 Å². The summed E-state index contributed by atoms with van der Waals surface area (Å²) in [5, 5.41) is 9.22. The summed E-state index contributed by atoms with van der Waals surface area (Å²) >= 11 is 0. The van der Waals surface area contributed by atoms with Gasteiger partial charge in [-0.2, -0.15) is 0 Å². The number of benzene rings is 1. The van der Waals surface area contributed by atoms with Crippen LogP contribution in [0.4, 0.5) is 4.39 Å². The van der Waals surface area contributed by atoms with Gasteiger partial charge in [-0.25, -0.2) is 14.2 Å². The maximum Gasteiger partial charge on any atom is 0.354 e. The SMILES string of the molecule is COc1ccc(F)c2nc(C(=O)O)cc(OC)c12. The Labute approximate surface area is 102 Å². The van der Waals surface area contributed by atoms with Gasteiger partial charge < -0.3 is 14.6 Å². The number of hydrogen-bond acceptors (Lipinski definition) is 4. The maximum atomic E-state index is 13.7. The highest BCUT2D eigenvalue weighted by Crippen LogP contribution is 2.34. The molecule has 5 nitrogen and oxygen atoms in total. The van der Waals surface area contributed by atoms with E-state index in [1.807, 2.05) is 0 Å². The molecule has 0 aliphatic heterocycles. The van der Waals surface area contributed by atoms with Crippen molar-refractivity contribution in [2.45, 2.75) is 0 Å². The zero-order valence-corrected chi connectivity index (χ0v) is 9.73. The van der Waals surface area contributed by atoms with E-state index in [1.54, 1.807) is 0 Å². The number of halogens is 1. The summed E-state index contributed by atoms with van der Waals surface area (Å²) in [4.78, 5) is 14.7. The van der Waals surface area contributed by atoms with Crippen LogP contribution < -0.4 is 9.47 Å². The van der Waals surface area contributed by atoms with Crippen LogP contribution in [-0.2, 0) is 0 Å². The van der Waals surface area contributed by atoms with Crippen LogP contribution in [-0.4, -0.2) is 30.3 Å². The molecule has 2 aromatic rings. The molecule has 1 aromatic carbocycles. The predicted molar refractivity (Wildman–Crippen MR) is 61.8 cm³/mol. The van der Waals surface area contributed by atoms with Crippen molar-refractivity contribution in [1.82, 2.24) is 4.98 Å². The standard InChI is InChI=1S/C12H10FNO4/c1-17-8-4-3-6(13)11-10(8)9(18-2)5-7(14-11)12(15)16/h3-5H,1-2H3,(H,15,16). The molecule has 1 aromatic heterocycles. The van der Waals surface area contributed by atoms with E-state index in [4.69, 9.17) is 14.6 Å². The molecule has 18 heavy (non-hydrogen) atoms. The quantitative estimate of drug-likeness (QED) is 0.904.